The average Bonchev–Trinajstić information content (AvgIpc) is 3.78. The molecule has 11 aromatic rings. The van der Waals surface area contributed by atoms with Crippen molar-refractivity contribution in [3.05, 3.63) is 176 Å². The number of hydrogen-bond acceptors (Lipinski definition) is 3. The van der Waals surface area contributed by atoms with Crippen LogP contribution < -0.4 is 0 Å². The minimum absolute atomic E-state index is 0.631. The first-order chi connectivity index (χ1) is 25.8. The highest BCUT2D eigenvalue weighted by atomic mass is 15.0. The summed E-state index contributed by atoms with van der Waals surface area (Å²) in [5.74, 6) is 1.92. The number of pyridine rings is 1. The quantitative estimate of drug-likeness (QED) is 0.176. The van der Waals surface area contributed by atoms with Crippen molar-refractivity contribution in [2.75, 3.05) is 0 Å². The van der Waals surface area contributed by atoms with E-state index >= 15 is 0 Å². The monoisotopic (exact) mass is 663 g/mol. The SMILES string of the molecule is c1ccc(-c2nc(-c3ccccc3)nc(-c3cccc(-n4c5ccccc5c5ccc6cc7c8ccccc8c8ccccc8n7c6c54)c3)n2)cc1. The van der Waals surface area contributed by atoms with E-state index in [2.05, 4.69) is 124 Å². The summed E-state index contributed by atoms with van der Waals surface area (Å²) < 4.78 is 4.89. The standard InChI is InChI=1S/C47H29N5/c1-3-14-30(15-4-1)45-48-46(31-16-5-2-6-17-31)50-47(49-45)33-18-13-19-34(28-33)51-40-24-11-10-23-38(40)39-27-26-32-29-42-37-22-8-7-20-35(37)36-21-9-12-25-41(36)52(42)43(32)44(39)51/h1-29H. The molecule has 5 nitrogen and oxygen atoms in total. The third kappa shape index (κ3) is 4.26. The van der Waals surface area contributed by atoms with Crippen LogP contribution in [-0.2, 0) is 0 Å². The molecule has 11 rings (SSSR count). The normalized spacial score (nSPS) is 11.8. The van der Waals surface area contributed by atoms with Gasteiger partial charge in [0.15, 0.2) is 17.5 Å². The Kier molecular flexibility index (Phi) is 6.18. The molecule has 0 N–H and O–H groups in total. The van der Waals surface area contributed by atoms with E-state index in [1.165, 1.54) is 54.4 Å². The van der Waals surface area contributed by atoms with Gasteiger partial charge >= 0.3 is 0 Å². The van der Waals surface area contributed by atoms with E-state index < -0.39 is 0 Å². The van der Waals surface area contributed by atoms with Crippen LogP contribution in [0.4, 0.5) is 0 Å². The van der Waals surface area contributed by atoms with Gasteiger partial charge in [0.05, 0.1) is 27.6 Å². The average molecular weight is 664 g/mol. The number of nitrogens with zero attached hydrogens (tertiary/aromatic N) is 5. The minimum atomic E-state index is 0.631. The van der Waals surface area contributed by atoms with Crippen molar-refractivity contribution in [1.82, 2.24) is 23.9 Å². The highest BCUT2D eigenvalue weighted by Crippen LogP contribution is 2.41. The fraction of sp³-hybridized carbons (Fsp3) is 0. The Bertz CT molecular complexity index is 3120. The Morgan fingerprint density at radius 1 is 0.327 bits per heavy atom. The topological polar surface area (TPSA) is 48.0 Å². The van der Waals surface area contributed by atoms with Crippen LogP contribution in [0.3, 0.4) is 0 Å². The van der Waals surface area contributed by atoms with Crippen LogP contribution in [-0.4, -0.2) is 23.9 Å². The lowest BCUT2D eigenvalue weighted by Crippen LogP contribution is -2.01. The van der Waals surface area contributed by atoms with Gasteiger partial charge in [0.1, 0.15) is 0 Å². The van der Waals surface area contributed by atoms with Gasteiger partial charge in [-0.25, -0.2) is 15.0 Å². The highest BCUT2D eigenvalue weighted by Gasteiger charge is 2.21. The van der Waals surface area contributed by atoms with Gasteiger partial charge in [0, 0.05) is 49.3 Å². The number of hydrogen-bond donors (Lipinski definition) is 0. The lowest BCUT2D eigenvalue weighted by atomic mass is 10.1. The minimum Gasteiger partial charge on any atom is -0.307 e. The van der Waals surface area contributed by atoms with Crippen LogP contribution in [0.1, 0.15) is 0 Å². The number of para-hydroxylation sites is 2. The second-order valence-corrected chi connectivity index (χ2v) is 13.3. The van der Waals surface area contributed by atoms with E-state index in [4.69, 9.17) is 15.0 Å². The Balaban J connectivity index is 1.22. The lowest BCUT2D eigenvalue weighted by Gasteiger charge is -2.13. The summed E-state index contributed by atoms with van der Waals surface area (Å²) in [7, 11) is 0. The molecule has 5 heteroatoms. The fourth-order valence-corrected chi connectivity index (χ4v) is 8.02. The predicted molar refractivity (Wildman–Crippen MR) is 214 cm³/mol. The molecule has 4 heterocycles. The molecule has 0 radical (unpaired) electrons. The van der Waals surface area contributed by atoms with E-state index in [9.17, 15) is 0 Å². The molecule has 242 valence electrons. The first-order valence-corrected chi connectivity index (χ1v) is 17.5. The largest absolute Gasteiger partial charge is 0.307 e. The van der Waals surface area contributed by atoms with Gasteiger partial charge in [-0.1, -0.05) is 146 Å². The fourth-order valence-electron chi connectivity index (χ4n) is 8.02. The molecule has 4 aromatic heterocycles. The molecule has 0 aliphatic rings. The van der Waals surface area contributed by atoms with Crippen molar-refractivity contribution in [3.8, 4) is 39.9 Å². The maximum Gasteiger partial charge on any atom is 0.164 e. The summed E-state index contributed by atoms with van der Waals surface area (Å²) in [5, 5.41) is 7.37. The van der Waals surface area contributed by atoms with Gasteiger partial charge in [0.2, 0.25) is 0 Å². The smallest absolute Gasteiger partial charge is 0.164 e. The van der Waals surface area contributed by atoms with Crippen molar-refractivity contribution >= 4 is 59.9 Å². The van der Waals surface area contributed by atoms with Gasteiger partial charge in [-0.3, -0.25) is 0 Å². The van der Waals surface area contributed by atoms with Crippen molar-refractivity contribution in [1.29, 1.82) is 0 Å². The molecule has 0 fully saturated rings. The molecular formula is C47H29N5. The third-order valence-corrected chi connectivity index (χ3v) is 10.3. The zero-order valence-electron chi connectivity index (χ0n) is 28.0. The second-order valence-electron chi connectivity index (χ2n) is 13.3. The third-order valence-electron chi connectivity index (χ3n) is 10.3. The van der Waals surface area contributed by atoms with Crippen LogP contribution >= 0.6 is 0 Å². The Hall–Kier alpha value is -7.11. The van der Waals surface area contributed by atoms with Gasteiger partial charge in [-0.2, -0.15) is 0 Å². The lowest BCUT2D eigenvalue weighted by molar-refractivity contribution is 1.07. The van der Waals surface area contributed by atoms with E-state index in [1.807, 2.05) is 60.7 Å². The van der Waals surface area contributed by atoms with E-state index in [0.717, 1.165) is 27.9 Å². The van der Waals surface area contributed by atoms with Crippen molar-refractivity contribution in [3.63, 3.8) is 0 Å². The molecule has 0 saturated heterocycles. The Morgan fingerprint density at radius 2 is 0.846 bits per heavy atom. The Morgan fingerprint density at radius 3 is 1.52 bits per heavy atom. The molecule has 0 bridgehead atoms. The van der Waals surface area contributed by atoms with Crippen LogP contribution in [0.15, 0.2) is 176 Å². The van der Waals surface area contributed by atoms with Gasteiger partial charge in [-0.05, 0) is 35.7 Å². The summed E-state index contributed by atoms with van der Waals surface area (Å²) in [6.45, 7) is 0. The maximum atomic E-state index is 5.06. The summed E-state index contributed by atoms with van der Waals surface area (Å²) >= 11 is 0. The first kappa shape index (κ1) is 28.7. The zero-order chi connectivity index (χ0) is 34.2. The van der Waals surface area contributed by atoms with Crippen LogP contribution in [0.25, 0.3) is 99.8 Å². The second kappa shape index (κ2) is 11.2. The number of fused-ring (bicyclic) bond motifs is 12. The van der Waals surface area contributed by atoms with Crippen molar-refractivity contribution in [2.45, 2.75) is 0 Å². The molecule has 0 unspecified atom stereocenters. The molecule has 52 heavy (non-hydrogen) atoms. The molecular weight excluding hydrogens is 635 g/mol. The zero-order valence-corrected chi connectivity index (χ0v) is 28.0. The number of rotatable bonds is 4. The van der Waals surface area contributed by atoms with Crippen LogP contribution in [0.2, 0.25) is 0 Å². The molecule has 7 aromatic carbocycles. The highest BCUT2D eigenvalue weighted by molar-refractivity contribution is 6.22. The van der Waals surface area contributed by atoms with Gasteiger partial charge < -0.3 is 8.97 Å². The predicted octanol–water partition coefficient (Wildman–Crippen LogP) is 11.7. The summed E-state index contributed by atoms with van der Waals surface area (Å²) in [5.41, 5.74) is 9.76. The molecule has 0 aliphatic carbocycles. The van der Waals surface area contributed by atoms with Crippen LogP contribution in [0.5, 0.6) is 0 Å². The van der Waals surface area contributed by atoms with E-state index in [0.29, 0.717) is 17.5 Å². The van der Waals surface area contributed by atoms with Gasteiger partial charge in [0.25, 0.3) is 0 Å². The number of aromatic nitrogens is 5. The van der Waals surface area contributed by atoms with Crippen LogP contribution in [0, 0.1) is 0 Å². The Labute approximate surface area is 298 Å². The maximum absolute atomic E-state index is 5.06. The summed E-state index contributed by atoms with van der Waals surface area (Å²) in [6.07, 6.45) is 0. The van der Waals surface area contributed by atoms with Gasteiger partial charge in [-0.15, -0.1) is 0 Å². The molecule has 0 aliphatic heterocycles. The molecule has 0 spiro atoms. The molecule has 0 saturated carbocycles. The molecule has 0 atom stereocenters. The summed E-state index contributed by atoms with van der Waals surface area (Å²) in [4.78, 5) is 15.0. The molecule has 0 amide bonds. The first-order valence-electron chi connectivity index (χ1n) is 17.5. The summed E-state index contributed by atoms with van der Waals surface area (Å²) in [6, 6.07) is 62.0. The van der Waals surface area contributed by atoms with Crippen molar-refractivity contribution < 1.29 is 0 Å². The van der Waals surface area contributed by atoms with E-state index in [1.54, 1.807) is 0 Å². The number of benzene rings is 7. The van der Waals surface area contributed by atoms with E-state index in [-0.39, 0.29) is 0 Å². The van der Waals surface area contributed by atoms with Crippen molar-refractivity contribution in [2.24, 2.45) is 0 Å².